The van der Waals surface area contributed by atoms with Gasteiger partial charge in [-0.1, -0.05) is 13.3 Å². The van der Waals surface area contributed by atoms with Crippen LogP contribution in [0.4, 0.5) is 13.2 Å². The van der Waals surface area contributed by atoms with Gasteiger partial charge in [-0.15, -0.1) is 0 Å². The highest BCUT2D eigenvalue weighted by Gasteiger charge is 2.51. The van der Waals surface area contributed by atoms with Gasteiger partial charge < -0.3 is 4.74 Å². The van der Waals surface area contributed by atoms with Crippen LogP contribution in [0.5, 0.6) is 0 Å². The summed E-state index contributed by atoms with van der Waals surface area (Å²) in [5.41, 5.74) is -1.96. The van der Waals surface area contributed by atoms with E-state index in [0.29, 0.717) is 6.42 Å². The van der Waals surface area contributed by atoms with Gasteiger partial charge in [-0.3, -0.25) is 0 Å². The third-order valence-electron chi connectivity index (χ3n) is 1.79. The lowest BCUT2D eigenvalue weighted by Crippen LogP contribution is -2.44. The van der Waals surface area contributed by atoms with Gasteiger partial charge in [0.25, 0.3) is 0 Å². The van der Waals surface area contributed by atoms with Gasteiger partial charge >= 0.3 is 6.18 Å². The van der Waals surface area contributed by atoms with E-state index in [-0.39, 0.29) is 13.0 Å². The molecule has 1 unspecified atom stereocenters. The topological polar surface area (TPSA) is 9.23 Å². The van der Waals surface area contributed by atoms with Gasteiger partial charge in [-0.2, -0.15) is 13.2 Å². The van der Waals surface area contributed by atoms with Crippen molar-refractivity contribution in [2.75, 3.05) is 6.61 Å². The lowest BCUT2D eigenvalue weighted by molar-refractivity contribution is -0.272. The second kappa shape index (κ2) is 4.12. The van der Waals surface area contributed by atoms with Crippen LogP contribution in [0.15, 0.2) is 0 Å². The van der Waals surface area contributed by atoms with Crippen molar-refractivity contribution in [1.82, 2.24) is 0 Å². The molecule has 0 aromatic carbocycles. The molecule has 1 nitrogen and oxygen atoms in total. The monoisotopic (exact) mass is 184 g/mol. The van der Waals surface area contributed by atoms with Crippen LogP contribution in [0.3, 0.4) is 0 Å². The van der Waals surface area contributed by atoms with Crippen molar-refractivity contribution in [3.63, 3.8) is 0 Å². The first-order valence-electron chi connectivity index (χ1n) is 4.08. The predicted octanol–water partition coefficient (Wildman–Crippen LogP) is 3.14. The molecule has 0 aromatic rings. The van der Waals surface area contributed by atoms with Gasteiger partial charge in [-0.05, 0) is 20.3 Å². The number of ether oxygens (including phenoxy) is 1. The van der Waals surface area contributed by atoms with E-state index in [1.54, 1.807) is 13.8 Å². The summed E-state index contributed by atoms with van der Waals surface area (Å²) in [6.45, 7) is 4.47. The Balaban J connectivity index is 4.38. The lowest BCUT2D eigenvalue weighted by Gasteiger charge is -2.31. The van der Waals surface area contributed by atoms with Gasteiger partial charge in [0.1, 0.15) is 0 Å². The molecule has 0 amide bonds. The largest absolute Gasteiger partial charge is 0.417 e. The number of hydrogen-bond acceptors (Lipinski definition) is 1. The molecule has 0 bridgehead atoms. The molecule has 12 heavy (non-hydrogen) atoms. The molecule has 74 valence electrons. The van der Waals surface area contributed by atoms with Crippen LogP contribution in [0.25, 0.3) is 0 Å². The minimum Gasteiger partial charge on any atom is -0.366 e. The predicted molar refractivity (Wildman–Crippen MR) is 41.0 cm³/mol. The zero-order valence-electron chi connectivity index (χ0n) is 7.66. The fraction of sp³-hybridized carbons (Fsp3) is 1.00. The van der Waals surface area contributed by atoms with E-state index in [1.165, 1.54) is 0 Å². The SMILES string of the molecule is CCCC(C)(OCC)C(F)(F)F. The van der Waals surface area contributed by atoms with E-state index in [2.05, 4.69) is 0 Å². The minimum absolute atomic E-state index is 0.0182. The van der Waals surface area contributed by atoms with Crippen molar-refractivity contribution < 1.29 is 17.9 Å². The maximum atomic E-state index is 12.4. The van der Waals surface area contributed by atoms with E-state index < -0.39 is 11.8 Å². The van der Waals surface area contributed by atoms with Crippen LogP contribution in [-0.2, 0) is 4.74 Å². The van der Waals surface area contributed by atoms with E-state index in [0.717, 1.165) is 6.92 Å². The maximum absolute atomic E-state index is 12.4. The molecule has 0 rings (SSSR count). The van der Waals surface area contributed by atoms with Crippen LogP contribution in [0, 0.1) is 0 Å². The third kappa shape index (κ3) is 2.66. The maximum Gasteiger partial charge on any atom is 0.417 e. The Morgan fingerprint density at radius 3 is 1.92 bits per heavy atom. The highest BCUT2D eigenvalue weighted by atomic mass is 19.4. The molecule has 0 radical (unpaired) electrons. The Bertz CT molecular complexity index is 125. The van der Waals surface area contributed by atoms with E-state index in [9.17, 15) is 13.2 Å². The Hall–Kier alpha value is -0.250. The van der Waals surface area contributed by atoms with Gasteiger partial charge in [0.2, 0.25) is 0 Å². The average molecular weight is 184 g/mol. The lowest BCUT2D eigenvalue weighted by atomic mass is 10.00. The molecule has 4 heteroatoms. The molecular formula is C8H15F3O. The second-order valence-electron chi connectivity index (χ2n) is 2.91. The first-order valence-corrected chi connectivity index (χ1v) is 4.08. The van der Waals surface area contributed by atoms with Gasteiger partial charge in [0.15, 0.2) is 5.60 Å². The Kier molecular flexibility index (Phi) is 4.03. The number of alkyl halides is 3. The molecule has 0 aromatic heterocycles. The van der Waals surface area contributed by atoms with E-state index >= 15 is 0 Å². The van der Waals surface area contributed by atoms with Crippen LogP contribution < -0.4 is 0 Å². The molecule has 1 atom stereocenters. The molecular weight excluding hydrogens is 169 g/mol. The zero-order valence-corrected chi connectivity index (χ0v) is 7.66. The van der Waals surface area contributed by atoms with Crippen LogP contribution in [0.1, 0.15) is 33.6 Å². The third-order valence-corrected chi connectivity index (χ3v) is 1.79. The summed E-state index contributed by atoms with van der Waals surface area (Å²) < 4.78 is 41.8. The van der Waals surface area contributed by atoms with Gasteiger partial charge in [-0.25, -0.2) is 0 Å². The molecule has 0 saturated heterocycles. The molecule has 0 heterocycles. The summed E-state index contributed by atoms with van der Waals surface area (Å²) in [5, 5.41) is 0. The molecule has 0 spiro atoms. The number of rotatable bonds is 4. The first-order chi connectivity index (χ1) is 5.37. The highest BCUT2D eigenvalue weighted by molar-refractivity contribution is 4.83. The number of hydrogen-bond donors (Lipinski definition) is 0. The van der Waals surface area contributed by atoms with E-state index in [4.69, 9.17) is 4.74 Å². The zero-order chi connectivity index (χ0) is 9.83. The normalized spacial score (nSPS) is 17.5. The first kappa shape index (κ1) is 11.8. The Labute approximate surface area is 70.9 Å². The van der Waals surface area contributed by atoms with Crippen molar-refractivity contribution in [3.8, 4) is 0 Å². The highest BCUT2D eigenvalue weighted by Crippen LogP contribution is 2.36. The molecule has 0 aliphatic carbocycles. The fourth-order valence-corrected chi connectivity index (χ4v) is 1.09. The van der Waals surface area contributed by atoms with Crippen LogP contribution >= 0.6 is 0 Å². The molecule has 0 saturated carbocycles. The number of halogens is 3. The average Bonchev–Trinajstić information content (AvgIpc) is 1.86. The molecule has 0 N–H and O–H groups in total. The summed E-state index contributed by atoms with van der Waals surface area (Å²) in [7, 11) is 0. The second-order valence-corrected chi connectivity index (χ2v) is 2.91. The van der Waals surface area contributed by atoms with E-state index in [1.807, 2.05) is 0 Å². The van der Waals surface area contributed by atoms with Gasteiger partial charge in [0, 0.05) is 6.61 Å². The van der Waals surface area contributed by atoms with Crippen molar-refractivity contribution in [1.29, 1.82) is 0 Å². The van der Waals surface area contributed by atoms with Crippen LogP contribution in [-0.4, -0.2) is 18.4 Å². The Morgan fingerprint density at radius 1 is 1.17 bits per heavy atom. The van der Waals surface area contributed by atoms with Crippen molar-refractivity contribution in [2.24, 2.45) is 0 Å². The standard InChI is InChI=1S/C8H15F3O/c1-4-6-7(3,12-5-2)8(9,10)11/h4-6H2,1-3H3. The van der Waals surface area contributed by atoms with Crippen molar-refractivity contribution >= 4 is 0 Å². The smallest absolute Gasteiger partial charge is 0.366 e. The minimum atomic E-state index is -4.26. The van der Waals surface area contributed by atoms with Crippen molar-refractivity contribution in [2.45, 2.75) is 45.4 Å². The summed E-state index contributed by atoms with van der Waals surface area (Å²) in [6, 6.07) is 0. The fourth-order valence-electron chi connectivity index (χ4n) is 1.09. The van der Waals surface area contributed by atoms with Crippen molar-refractivity contribution in [3.05, 3.63) is 0 Å². The molecule has 0 aliphatic rings. The Morgan fingerprint density at radius 2 is 1.67 bits per heavy atom. The summed E-state index contributed by atoms with van der Waals surface area (Å²) in [6.07, 6.45) is -3.78. The quantitative estimate of drug-likeness (QED) is 0.652. The van der Waals surface area contributed by atoms with Crippen LogP contribution in [0.2, 0.25) is 0 Å². The molecule has 0 fully saturated rings. The summed E-state index contributed by atoms with van der Waals surface area (Å²) >= 11 is 0. The van der Waals surface area contributed by atoms with Gasteiger partial charge in [0.05, 0.1) is 0 Å². The summed E-state index contributed by atoms with van der Waals surface area (Å²) in [5.74, 6) is 0. The summed E-state index contributed by atoms with van der Waals surface area (Å²) in [4.78, 5) is 0. The molecule has 0 aliphatic heterocycles.